The average molecular weight is 338 g/mol. The zero-order chi connectivity index (χ0) is 14.5. The minimum atomic E-state index is -0.594. The number of halogens is 2. The first-order chi connectivity index (χ1) is 9.56. The Labute approximate surface area is 126 Å². The first kappa shape index (κ1) is 15.2. The maximum Gasteiger partial charge on any atom is 0.123 e. The molecule has 2 aromatic rings. The molecule has 0 aliphatic rings. The lowest BCUT2D eigenvalue weighted by Gasteiger charge is -2.18. The van der Waals surface area contributed by atoms with Gasteiger partial charge in [0.15, 0.2) is 0 Å². The Morgan fingerprint density at radius 1 is 1.15 bits per heavy atom. The van der Waals surface area contributed by atoms with Gasteiger partial charge in [0.25, 0.3) is 0 Å². The fourth-order valence-electron chi connectivity index (χ4n) is 2.01. The number of rotatable bonds is 5. The van der Waals surface area contributed by atoms with E-state index in [1.54, 1.807) is 6.07 Å². The first-order valence-corrected chi connectivity index (χ1v) is 7.28. The summed E-state index contributed by atoms with van der Waals surface area (Å²) in [5.41, 5.74) is 1.71. The second-order valence-electron chi connectivity index (χ2n) is 4.76. The van der Waals surface area contributed by atoms with Crippen LogP contribution in [-0.2, 0) is 0 Å². The quantitative estimate of drug-likeness (QED) is 0.865. The SMILES string of the molecule is C[C@@H](NCC(O)c1cccc(Br)c1)c1cccc(F)c1. The van der Waals surface area contributed by atoms with Gasteiger partial charge in [-0.15, -0.1) is 0 Å². The number of aliphatic hydroxyl groups is 1. The summed E-state index contributed by atoms with van der Waals surface area (Å²) in [6, 6.07) is 14.0. The summed E-state index contributed by atoms with van der Waals surface area (Å²) >= 11 is 3.38. The van der Waals surface area contributed by atoms with E-state index >= 15 is 0 Å². The second kappa shape index (κ2) is 6.97. The van der Waals surface area contributed by atoms with Crippen molar-refractivity contribution in [2.75, 3.05) is 6.54 Å². The molecule has 0 amide bonds. The third-order valence-corrected chi connectivity index (χ3v) is 3.69. The number of aliphatic hydroxyl groups excluding tert-OH is 1. The van der Waals surface area contributed by atoms with E-state index < -0.39 is 6.10 Å². The average Bonchev–Trinajstić information content (AvgIpc) is 2.44. The standard InChI is InChI=1S/C16H17BrFNO/c1-11(12-4-3-7-15(18)9-12)19-10-16(20)13-5-2-6-14(17)8-13/h2-9,11,16,19-20H,10H2,1H3/t11-,16?/m1/s1. The molecule has 20 heavy (non-hydrogen) atoms. The maximum absolute atomic E-state index is 13.2. The van der Waals surface area contributed by atoms with Gasteiger partial charge in [0, 0.05) is 17.1 Å². The Morgan fingerprint density at radius 2 is 1.85 bits per heavy atom. The van der Waals surface area contributed by atoms with Crippen LogP contribution in [0, 0.1) is 5.82 Å². The molecule has 0 aromatic heterocycles. The molecule has 2 atom stereocenters. The summed E-state index contributed by atoms with van der Waals surface area (Å²) < 4.78 is 14.1. The van der Waals surface area contributed by atoms with E-state index in [9.17, 15) is 9.50 Å². The lowest BCUT2D eigenvalue weighted by molar-refractivity contribution is 0.170. The van der Waals surface area contributed by atoms with Crippen LogP contribution in [0.1, 0.15) is 30.2 Å². The van der Waals surface area contributed by atoms with Crippen molar-refractivity contribution in [2.24, 2.45) is 0 Å². The van der Waals surface area contributed by atoms with Crippen LogP contribution in [0.15, 0.2) is 53.0 Å². The molecular formula is C16H17BrFNO. The summed E-state index contributed by atoms with van der Waals surface area (Å²) in [5, 5.41) is 13.3. The first-order valence-electron chi connectivity index (χ1n) is 6.48. The molecule has 0 bridgehead atoms. The molecule has 0 spiro atoms. The van der Waals surface area contributed by atoms with E-state index in [-0.39, 0.29) is 11.9 Å². The highest BCUT2D eigenvalue weighted by Crippen LogP contribution is 2.19. The molecule has 2 rings (SSSR count). The number of hydrogen-bond acceptors (Lipinski definition) is 2. The van der Waals surface area contributed by atoms with Crippen molar-refractivity contribution in [3.8, 4) is 0 Å². The van der Waals surface area contributed by atoms with E-state index in [1.807, 2.05) is 37.3 Å². The van der Waals surface area contributed by atoms with Gasteiger partial charge in [0.05, 0.1) is 6.10 Å². The number of benzene rings is 2. The molecule has 0 saturated carbocycles. The third kappa shape index (κ3) is 4.13. The summed E-state index contributed by atoms with van der Waals surface area (Å²) in [6.45, 7) is 2.36. The number of hydrogen-bond donors (Lipinski definition) is 2. The Hall–Kier alpha value is -1.23. The van der Waals surface area contributed by atoms with Gasteiger partial charge < -0.3 is 10.4 Å². The summed E-state index contributed by atoms with van der Waals surface area (Å²) in [4.78, 5) is 0. The highest BCUT2D eigenvalue weighted by atomic mass is 79.9. The molecule has 0 fully saturated rings. The van der Waals surface area contributed by atoms with Crippen molar-refractivity contribution in [1.82, 2.24) is 5.32 Å². The Balaban J connectivity index is 1.94. The predicted molar refractivity (Wildman–Crippen MR) is 81.9 cm³/mol. The molecule has 106 valence electrons. The van der Waals surface area contributed by atoms with Gasteiger partial charge in [0.1, 0.15) is 5.82 Å². The van der Waals surface area contributed by atoms with Gasteiger partial charge in [-0.3, -0.25) is 0 Å². The van der Waals surface area contributed by atoms with Gasteiger partial charge >= 0.3 is 0 Å². The van der Waals surface area contributed by atoms with Crippen molar-refractivity contribution >= 4 is 15.9 Å². The molecule has 0 saturated heterocycles. The summed E-state index contributed by atoms with van der Waals surface area (Å²) in [6.07, 6.45) is -0.594. The largest absolute Gasteiger partial charge is 0.387 e. The number of nitrogens with one attached hydrogen (secondary N) is 1. The molecule has 2 aromatic carbocycles. The molecular weight excluding hydrogens is 321 g/mol. The van der Waals surface area contributed by atoms with Crippen LogP contribution in [0.3, 0.4) is 0 Å². The molecule has 0 heterocycles. The van der Waals surface area contributed by atoms with Crippen LogP contribution in [0.25, 0.3) is 0 Å². The fraction of sp³-hybridized carbons (Fsp3) is 0.250. The third-order valence-electron chi connectivity index (χ3n) is 3.20. The van der Waals surface area contributed by atoms with E-state index in [1.165, 1.54) is 12.1 Å². The van der Waals surface area contributed by atoms with Crippen molar-refractivity contribution in [1.29, 1.82) is 0 Å². The zero-order valence-corrected chi connectivity index (χ0v) is 12.8. The van der Waals surface area contributed by atoms with Crippen molar-refractivity contribution in [2.45, 2.75) is 19.1 Å². The van der Waals surface area contributed by atoms with E-state index in [2.05, 4.69) is 21.2 Å². The maximum atomic E-state index is 13.2. The van der Waals surface area contributed by atoms with Crippen molar-refractivity contribution < 1.29 is 9.50 Å². The molecule has 4 heteroatoms. The van der Waals surface area contributed by atoms with Gasteiger partial charge in [0.2, 0.25) is 0 Å². The highest BCUT2D eigenvalue weighted by molar-refractivity contribution is 9.10. The molecule has 1 unspecified atom stereocenters. The smallest absolute Gasteiger partial charge is 0.123 e. The van der Waals surface area contributed by atoms with Gasteiger partial charge in [-0.05, 0) is 42.3 Å². The van der Waals surface area contributed by atoms with Crippen LogP contribution in [0.2, 0.25) is 0 Å². The van der Waals surface area contributed by atoms with E-state index in [0.29, 0.717) is 6.54 Å². The Morgan fingerprint density at radius 3 is 2.55 bits per heavy atom. The normalized spacial score (nSPS) is 14.0. The minimum absolute atomic E-state index is 0.0208. The molecule has 2 nitrogen and oxygen atoms in total. The topological polar surface area (TPSA) is 32.3 Å². The van der Waals surface area contributed by atoms with Crippen molar-refractivity contribution in [3.63, 3.8) is 0 Å². The Kier molecular flexibility index (Phi) is 5.29. The lowest BCUT2D eigenvalue weighted by atomic mass is 10.1. The lowest BCUT2D eigenvalue weighted by Crippen LogP contribution is -2.24. The predicted octanol–water partition coefficient (Wildman–Crippen LogP) is 3.97. The molecule has 0 radical (unpaired) electrons. The fourth-order valence-corrected chi connectivity index (χ4v) is 2.43. The monoisotopic (exact) mass is 337 g/mol. The van der Waals surface area contributed by atoms with Crippen LogP contribution < -0.4 is 5.32 Å². The summed E-state index contributed by atoms with van der Waals surface area (Å²) in [5.74, 6) is -0.247. The van der Waals surface area contributed by atoms with Crippen LogP contribution in [-0.4, -0.2) is 11.7 Å². The summed E-state index contributed by atoms with van der Waals surface area (Å²) in [7, 11) is 0. The molecule has 2 N–H and O–H groups in total. The van der Waals surface area contributed by atoms with Crippen molar-refractivity contribution in [3.05, 3.63) is 69.9 Å². The Bertz CT molecular complexity index is 524. The molecule has 0 aliphatic heterocycles. The van der Waals surface area contributed by atoms with Crippen LogP contribution in [0.4, 0.5) is 4.39 Å². The van der Waals surface area contributed by atoms with Crippen LogP contribution >= 0.6 is 15.9 Å². The van der Waals surface area contributed by atoms with Crippen LogP contribution in [0.5, 0.6) is 0 Å². The highest BCUT2D eigenvalue weighted by Gasteiger charge is 2.11. The van der Waals surface area contributed by atoms with E-state index in [0.717, 1.165) is 15.6 Å². The second-order valence-corrected chi connectivity index (χ2v) is 5.67. The minimum Gasteiger partial charge on any atom is -0.387 e. The van der Waals surface area contributed by atoms with E-state index in [4.69, 9.17) is 0 Å². The van der Waals surface area contributed by atoms with Gasteiger partial charge in [-0.1, -0.05) is 40.2 Å². The molecule has 0 aliphatic carbocycles. The zero-order valence-electron chi connectivity index (χ0n) is 11.2. The van der Waals surface area contributed by atoms with Gasteiger partial charge in [-0.2, -0.15) is 0 Å². The van der Waals surface area contributed by atoms with Gasteiger partial charge in [-0.25, -0.2) is 4.39 Å².